The Hall–Kier alpha value is -1.12. The SMILES string of the molecule is COc1cccc(Cl)c1CNS(=O)(=O)c1csc(CO)c1. The highest BCUT2D eigenvalue weighted by Gasteiger charge is 2.17. The summed E-state index contributed by atoms with van der Waals surface area (Å²) < 4.78 is 32.0. The molecule has 2 rings (SSSR count). The van der Waals surface area contributed by atoms with E-state index in [0.717, 1.165) is 0 Å². The van der Waals surface area contributed by atoms with Crippen molar-refractivity contribution < 1.29 is 18.3 Å². The van der Waals surface area contributed by atoms with E-state index in [2.05, 4.69) is 4.72 Å². The number of nitrogens with one attached hydrogen (secondary N) is 1. The number of hydrogen-bond donors (Lipinski definition) is 2. The van der Waals surface area contributed by atoms with Gasteiger partial charge in [0.15, 0.2) is 0 Å². The topological polar surface area (TPSA) is 75.6 Å². The third-order valence-corrected chi connectivity index (χ3v) is 5.64. The molecule has 0 saturated heterocycles. The number of sulfonamides is 1. The third-order valence-electron chi connectivity index (χ3n) is 2.83. The maximum absolute atomic E-state index is 12.2. The van der Waals surface area contributed by atoms with Gasteiger partial charge in [0.1, 0.15) is 5.75 Å². The zero-order valence-corrected chi connectivity index (χ0v) is 13.6. The summed E-state index contributed by atoms with van der Waals surface area (Å²) >= 11 is 7.25. The molecule has 8 heteroatoms. The Labute approximate surface area is 132 Å². The van der Waals surface area contributed by atoms with Crippen molar-refractivity contribution in [3.63, 3.8) is 0 Å². The maximum atomic E-state index is 12.2. The lowest BCUT2D eigenvalue weighted by molar-refractivity contribution is 0.285. The van der Waals surface area contributed by atoms with Gasteiger partial charge in [0, 0.05) is 27.4 Å². The second kappa shape index (κ2) is 6.76. The molecule has 0 aliphatic rings. The summed E-state index contributed by atoms with van der Waals surface area (Å²) in [6, 6.07) is 6.55. The zero-order valence-electron chi connectivity index (χ0n) is 11.2. The van der Waals surface area contributed by atoms with Gasteiger partial charge >= 0.3 is 0 Å². The number of hydrogen-bond acceptors (Lipinski definition) is 5. The molecule has 2 N–H and O–H groups in total. The Morgan fingerprint density at radius 2 is 2.19 bits per heavy atom. The molecular weight excluding hydrogens is 334 g/mol. The molecule has 0 bridgehead atoms. The molecule has 0 unspecified atom stereocenters. The Morgan fingerprint density at radius 3 is 2.81 bits per heavy atom. The number of aliphatic hydroxyl groups excluding tert-OH is 1. The van der Waals surface area contributed by atoms with E-state index in [1.807, 2.05) is 0 Å². The van der Waals surface area contributed by atoms with Crippen molar-refractivity contribution in [2.45, 2.75) is 18.0 Å². The van der Waals surface area contributed by atoms with E-state index in [1.165, 1.54) is 29.9 Å². The van der Waals surface area contributed by atoms with E-state index in [-0.39, 0.29) is 18.0 Å². The first-order valence-electron chi connectivity index (χ1n) is 5.97. The molecule has 0 atom stereocenters. The molecule has 0 radical (unpaired) electrons. The normalized spacial score (nSPS) is 11.6. The van der Waals surface area contributed by atoms with Crippen molar-refractivity contribution in [2.24, 2.45) is 0 Å². The number of thiophene rings is 1. The number of aliphatic hydroxyl groups is 1. The standard InChI is InChI=1S/C13H14ClNO4S2/c1-19-13-4-2-3-12(14)11(13)6-15-21(17,18)10-5-9(7-16)20-8-10/h2-5,8,15-16H,6-7H2,1H3. The quantitative estimate of drug-likeness (QED) is 0.841. The largest absolute Gasteiger partial charge is 0.496 e. The van der Waals surface area contributed by atoms with Gasteiger partial charge in [-0.1, -0.05) is 17.7 Å². The van der Waals surface area contributed by atoms with Crippen molar-refractivity contribution in [2.75, 3.05) is 7.11 Å². The van der Waals surface area contributed by atoms with Crippen LogP contribution in [0, 0.1) is 0 Å². The second-order valence-corrected chi connectivity index (χ2v) is 7.32. The van der Waals surface area contributed by atoms with Crippen LogP contribution in [0.5, 0.6) is 5.75 Å². The average Bonchev–Trinajstić information content (AvgIpc) is 2.95. The van der Waals surface area contributed by atoms with E-state index in [0.29, 0.717) is 21.2 Å². The molecule has 0 aliphatic heterocycles. The molecular formula is C13H14ClNO4S2. The molecule has 1 aromatic heterocycles. The second-order valence-electron chi connectivity index (χ2n) is 4.15. The molecule has 21 heavy (non-hydrogen) atoms. The van der Waals surface area contributed by atoms with Gasteiger partial charge in [-0.05, 0) is 18.2 Å². The predicted molar refractivity (Wildman–Crippen MR) is 82.3 cm³/mol. The average molecular weight is 348 g/mol. The van der Waals surface area contributed by atoms with Gasteiger partial charge < -0.3 is 9.84 Å². The summed E-state index contributed by atoms with van der Waals surface area (Å²) in [6.07, 6.45) is 0. The Kier molecular flexibility index (Phi) is 5.23. The van der Waals surface area contributed by atoms with Gasteiger partial charge in [-0.3, -0.25) is 0 Å². The monoisotopic (exact) mass is 347 g/mol. The molecule has 0 fully saturated rings. The first kappa shape index (κ1) is 16.3. The van der Waals surface area contributed by atoms with Crippen molar-refractivity contribution >= 4 is 33.0 Å². The molecule has 0 amide bonds. The van der Waals surface area contributed by atoms with Crippen LogP contribution in [0.2, 0.25) is 5.02 Å². The third kappa shape index (κ3) is 3.75. The fourth-order valence-corrected chi connectivity index (χ4v) is 4.10. The Balaban J connectivity index is 2.19. The number of ether oxygens (including phenoxy) is 1. The van der Waals surface area contributed by atoms with Crippen LogP contribution in [-0.4, -0.2) is 20.6 Å². The van der Waals surface area contributed by atoms with Crippen molar-refractivity contribution in [3.8, 4) is 5.75 Å². The molecule has 0 spiro atoms. The van der Waals surface area contributed by atoms with Crippen molar-refractivity contribution in [1.82, 2.24) is 4.72 Å². The number of rotatable bonds is 6. The fraction of sp³-hybridized carbons (Fsp3) is 0.231. The molecule has 114 valence electrons. The van der Waals surface area contributed by atoms with Crippen molar-refractivity contribution in [3.05, 3.63) is 45.1 Å². The molecule has 5 nitrogen and oxygen atoms in total. The van der Waals surface area contributed by atoms with Gasteiger partial charge in [-0.2, -0.15) is 0 Å². The summed E-state index contributed by atoms with van der Waals surface area (Å²) in [5.74, 6) is 0.520. The minimum atomic E-state index is -3.65. The van der Waals surface area contributed by atoms with E-state index in [1.54, 1.807) is 18.2 Å². The molecule has 1 heterocycles. The summed E-state index contributed by atoms with van der Waals surface area (Å²) in [5, 5.41) is 10.9. The smallest absolute Gasteiger partial charge is 0.241 e. The molecule has 0 aliphatic carbocycles. The lowest BCUT2D eigenvalue weighted by atomic mass is 10.2. The number of benzene rings is 1. The molecule has 1 aromatic carbocycles. The summed E-state index contributed by atoms with van der Waals surface area (Å²) in [7, 11) is -2.16. The molecule has 2 aromatic rings. The Bertz CT molecular complexity index is 728. The maximum Gasteiger partial charge on any atom is 0.241 e. The lowest BCUT2D eigenvalue weighted by Crippen LogP contribution is -2.23. The Morgan fingerprint density at radius 1 is 1.43 bits per heavy atom. The van der Waals surface area contributed by atoms with Gasteiger partial charge in [0.25, 0.3) is 0 Å². The van der Waals surface area contributed by atoms with Crippen LogP contribution in [0.3, 0.4) is 0 Å². The highest BCUT2D eigenvalue weighted by molar-refractivity contribution is 7.89. The van der Waals surface area contributed by atoms with E-state index < -0.39 is 10.0 Å². The summed E-state index contributed by atoms with van der Waals surface area (Å²) in [6.45, 7) is -0.159. The molecule has 0 saturated carbocycles. The fourth-order valence-electron chi connectivity index (χ4n) is 1.74. The van der Waals surface area contributed by atoms with Crippen LogP contribution in [0.1, 0.15) is 10.4 Å². The van der Waals surface area contributed by atoms with Gasteiger partial charge in [-0.15, -0.1) is 11.3 Å². The van der Waals surface area contributed by atoms with Crippen LogP contribution in [0.15, 0.2) is 34.5 Å². The highest BCUT2D eigenvalue weighted by Crippen LogP contribution is 2.27. The van der Waals surface area contributed by atoms with Gasteiger partial charge in [0.2, 0.25) is 10.0 Å². The lowest BCUT2D eigenvalue weighted by Gasteiger charge is -2.11. The van der Waals surface area contributed by atoms with Gasteiger partial charge in [-0.25, -0.2) is 13.1 Å². The van der Waals surface area contributed by atoms with Crippen LogP contribution in [0.4, 0.5) is 0 Å². The zero-order chi connectivity index (χ0) is 15.5. The van der Waals surface area contributed by atoms with Crippen LogP contribution < -0.4 is 9.46 Å². The first-order valence-corrected chi connectivity index (χ1v) is 8.71. The number of halogens is 1. The summed E-state index contributed by atoms with van der Waals surface area (Å²) in [4.78, 5) is 0.716. The minimum absolute atomic E-state index is 0.0233. The van der Waals surface area contributed by atoms with Crippen LogP contribution in [0.25, 0.3) is 0 Å². The van der Waals surface area contributed by atoms with Crippen molar-refractivity contribution in [1.29, 1.82) is 0 Å². The van der Waals surface area contributed by atoms with Gasteiger partial charge in [0.05, 0.1) is 18.6 Å². The van der Waals surface area contributed by atoms with Crippen LogP contribution in [-0.2, 0) is 23.2 Å². The summed E-state index contributed by atoms with van der Waals surface area (Å²) in [5.41, 5.74) is 0.572. The van der Waals surface area contributed by atoms with Crippen LogP contribution >= 0.6 is 22.9 Å². The highest BCUT2D eigenvalue weighted by atomic mass is 35.5. The first-order chi connectivity index (χ1) is 9.97. The van der Waals surface area contributed by atoms with E-state index >= 15 is 0 Å². The van der Waals surface area contributed by atoms with E-state index in [9.17, 15) is 8.42 Å². The minimum Gasteiger partial charge on any atom is -0.496 e. The number of methoxy groups -OCH3 is 1. The van der Waals surface area contributed by atoms with E-state index in [4.69, 9.17) is 21.4 Å². The predicted octanol–water partition coefficient (Wildman–Crippen LogP) is 2.38.